The van der Waals surface area contributed by atoms with Gasteiger partial charge in [-0.05, 0) is 62.9 Å². The Morgan fingerprint density at radius 3 is 3.06 bits per heavy atom. The van der Waals surface area contributed by atoms with Gasteiger partial charge in [0.2, 0.25) is 0 Å². The maximum atomic E-state index is 6.04. The first-order chi connectivity index (χ1) is 8.81. The SMILES string of the molecule is CNC(Cc1cccs1)C1CCOC2(CCC2)C1. The molecule has 1 aromatic heterocycles. The Kier molecular flexibility index (Phi) is 3.73. The van der Waals surface area contributed by atoms with Crippen molar-refractivity contribution in [3.05, 3.63) is 22.4 Å². The summed E-state index contributed by atoms with van der Waals surface area (Å²) in [6, 6.07) is 5.03. The van der Waals surface area contributed by atoms with Crippen LogP contribution in [0.4, 0.5) is 0 Å². The molecule has 0 bridgehead atoms. The van der Waals surface area contributed by atoms with Gasteiger partial charge in [0.05, 0.1) is 5.60 Å². The lowest BCUT2D eigenvalue weighted by molar-refractivity contribution is -0.146. The summed E-state index contributed by atoms with van der Waals surface area (Å²) < 4.78 is 6.04. The standard InChI is InChI=1S/C15H23NOS/c1-16-14(10-13-4-2-9-18-13)12-5-8-17-15(11-12)6-3-7-15/h2,4,9,12,14,16H,3,5-8,10-11H2,1H3. The van der Waals surface area contributed by atoms with E-state index in [1.807, 2.05) is 11.3 Å². The van der Waals surface area contributed by atoms with Gasteiger partial charge in [0.25, 0.3) is 0 Å². The first-order valence-corrected chi connectivity index (χ1v) is 8.03. The van der Waals surface area contributed by atoms with Crippen molar-refractivity contribution in [1.29, 1.82) is 0 Å². The number of hydrogen-bond donors (Lipinski definition) is 1. The Morgan fingerprint density at radius 1 is 1.56 bits per heavy atom. The third-order valence-corrected chi connectivity index (χ3v) is 5.64. The van der Waals surface area contributed by atoms with Gasteiger partial charge < -0.3 is 10.1 Å². The van der Waals surface area contributed by atoms with Crippen LogP contribution in [0.5, 0.6) is 0 Å². The molecule has 1 saturated heterocycles. The lowest BCUT2D eigenvalue weighted by Gasteiger charge is -2.48. The smallest absolute Gasteiger partial charge is 0.0685 e. The zero-order valence-corrected chi connectivity index (χ0v) is 12.0. The van der Waals surface area contributed by atoms with Gasteiger partial charge in [0.1, 0.15) is 0 Å². The summed E-state index contributed by atoms with van der Waals surface area (Å²) >= 11 is 1.88. The second kappa shape index (κ2) is 5.32. The van der Waals surface area contributed by atoms with E-state index < -0.39 is 0 Å². The van der Waals surface area contributed by atoms with E-state index >= 15 is 0 Å². The highest BCUT2D eigenvalue weighted by Crippen LogP contribution is 2.45. The molecule has 1 aromatic rings. The van der Waals surface area contributed by atoms with Gasteiger partial charge in [-0.1, -0.05) is 6.07 Å². The topological polar surface area (TPSA) is 21.3 Å². The summed E-state index contributed by atoms with van der Waals surface area (Å²) in [6.45, 7) is 0.966. The summed E-state index contributed by atoms with van der Waals surface area (Å²) in [5.41, 5.74) is 0.271. The maximum absolute atomic E-state index is 6.04. The molecule has 2 nitrogen and oxygen atoms in total. The first-order valence-electron chi connectivity index (χ1n) is 7.15. The number of rotatable bonds is 4. The molecule has 0 amide bonds. The highest BCUT2D eigenvalue weighted by molar-refractivity contribution is 7.09. The van der Waals surface area contributed by atoms with Crippen LogP contribution in [0.3, 0.4) is 0 Å². The molecule has 1 aliphatic heterocycles. The van der Waals surface area contributed by atoms with Crippen LogP contribution in [0.2, 0.25) is 0 Å². The molecule has 100 valence electrons. The average molecular weight is 265 g/mol. The minimum atomic E-state index is 0.271. The fourth-order valence-electron chi connectivity index (χ4n) is 3.48. The number of hydrogen-bond acceptors (Lipinski definition) is 3. The molecule has 2 aliphatic rings. The quantitative estimate of drug-likeness (QED) is 0.902. The summed E-state index contributed by atoms with van der Waals surface area (Å²) in [7, 11) is 2.11. The third-order valence-electron chi connectivity index (χ3n) is 4.74. The van der Waals surface area contributed by atoms with Gasteiger partial charge in [0, 0.05) is 17.5 Å². The van der Waals surface area contributed by atoms with Crippen LogP contribution in [-0.2, 0) is 11.2 Å². The van der Waals surface area contributed by atoms with E-state index in [1.54, 1.807) is 0 Å². The molecule has 3 rings (SSSR count). The van der Waals surface area contributed by atoms with Crippen LogP contribution in [0, 0.1) is 5.92 Å². The summed E-state index contributed by atoms with van der Waals surface area (Å²) in [5, 5.41) is 5.73. The Bertz CT molecular complexity index is 372. The van der Waals surface area contributed by atoms with E-state index in [-0.39, 0.29) is 5.60 Å². The van der Waals surface area contributed by atoms with E-state index in [0.29, 0.717) is 6.04 Å². The molecule has 2 atom stereocenters. The molecule has 2 unspecified atom stereocenters. The van der Waals surface area contributed by atoms with Gasteiger partial charge in [0.15, 0.2) is 0 Å². The monoisotopic (exact) mass is 265 g/mol. The molecule has 1 aliphatic carbocycles. The number of thiophene rings is 1. The molecule has 1 spiro atoms. The van der Waals surface area contributed by atoms with Crippen molar-refractivity contribution in [3.8, 4) is 0 Å². The highest BCUT2D eigenvalue weighted by Gasteiger charge is 2.44. The van der Waals surface area contributed by atoms with Crippen molar-refractivity contribution >= 4 is 11.3 Å². The van der Waals surface area contributed by atoms with Gasteiger partial charge in [-0.15, -0.1) is 11.3 Å². The van der Waals surface area contributed by atoms with E-state index in [9.17, 15) is 0 Å². The largest absolute Gasteiger partial charge is 0.375 e. The lowest BCUT2D eigenvalue weighted by atomic mass is 9.70. The van der Waals surface area contributed by atoms with Gasteiger partial charge in [-0.2, -0.15) is 0 Å². The minimum Gasteiger partial charge on any atom is -0.375 e. The Hall–Kier alpha value is -0.380. The minimum absolute atomic E-state index is 0.271. The average Bonchev–Trinajstić information content (AvgIpc) is 2.87. The maximum Gasteiger partial charge on any atom is 0.0685 e. The molecule has 1 saturated carbocycles. The van der Waals surface area contributed by atoms with Crippen LogP contribution in [-0.4, -0.2) is 25.3 Å². The van der Waals surface area contributed by atoms with E-state index in [1.165, 1.54) is 43.4 Å². The Morgan fingerprint density at radius 2 is 2.44 bits per heavy atom. The van der Waals surface area contributed by atoms with Crippen molar-refractivity contribution in [3.63, 3.8) is 0 Å². The molecule has 3 heteroatoms. The van der Waals surface area contributed by atoms with Crippen molar-refractivity contribution in [2.24, 2.45) is 5.92 Å². The van der Waals surface area contributed by atoms with E-state index in [4.69, 9.17) is 4.74 Å². The molecule has 18 heavy (non-hydrogen) atoms. The normalized spacial score (nSPS) is 27.9. The van der Waals surface area contributed by atoms with Crippen molar-refractivity contribution < 1.29 is 4.74 Å². The molecular weight excluding hydrogens is 242 g/mol. The highest BCUT2D eigenvalue weighted by atomic mass is 32.1. The number of likely N-dealkylation sites (N-methyl/N-ethyl adjacent to an activating group) is 1. The van der Waals surface area contributed by atoms with Crippen LogP contribution in [0.15, 0.2) is 17.5 Å². The lowest BCUT2D eigenvalue weighted by Crippen LogP contribution is -2.50. The Labute approximate surface area is 114 Å². The second-order valence-electron chi connectivity index (χ2n) is 5.82. The van der Waals surface area contributed by atoms with Crippen LogP contribution < -0.4 is 5.32 Å². The van der Waals surface area contributed by atoms with Crippen LogP contribution in [0.1, 0.15) is 37.0 Å². The van der Waals surface area contributed by atoms with Crippen LogP contribution in [0.25, 0.3) is 0 Å². The van der Waals surface area contributed by atoms with Crippen molar-refractivity contribution in [2.45, 2.75) is 50.2 Å². The van der Waals surface area contributed by atoms with E-state index in [2.05, 4.69) is 29.9 Å². The fraction of sp³-hybridized carbons (Fsp3) is 0.733. The Balaban J connectivity index is 1.63. The zero-order chi connectivity index (χ0) is 12.4. The van der Waals surface area contributed by atoms with Crippen molar-refractivity contribution in [2.75, 3.05) is 13.7 Å². The summed E-state index contributed by atoms with van der Waals surface area (Å²) in [4.78, 5) is 1.50. The zero-order valence-electron chi connectivity index (χ0n) is 11.2. The van der Waals surface area contributed by atoms with E-state index in [0.717, 1.165) is 12.5 Å². The van der Waals surface area contributed by atoms with Gasteiger partial charge >= 0.3 is 0 Å². The number of ether oxygens (including phenoxy) is 1. The molecular formula is C15H23NOS. The predicted octanol–water partition coefficient (Wildman–Crippen LogP) is 3.23. The van der Waals surface area contributed by atoms with Gasteiger partial charge in [-0.3, -0.25) is 0 Å². The predicted molar refractivity (Wildman–Crippen MR) is 76.1 cm³/mol. The molecule has 1 N–H and O–H groups in total. The summed E-state index contributed by atoms with van der Waals surface area (Å²) in [6.07, 6.45) is 7.61. The molecule has 2 fully saturated rings. The fourth-order valence-corrected chi connectivity index (χ4v) is 4.24. The second-order valence-corrected chi connectivity index (χ2v) is 6.85. The first kappa shape index (κ1) is 12.6. The molecule has 0 aromatic carbocycles. The summed E-state index contributed by atoms with van der Waals surface area (Å²) in [5.74, 6) is 0.783. The molecule has 0 radical (unpaired) electrons. The third kappa shape index (κ3) is 2.49. The van der Waals surface area contributed by atoms with Gasteiger partial charge in [-0.25, -0.2) is 0 Å². The van der Waals surface area contributed by atoms with Crippen molar-refractivity contribution in [1.82, 2.24) is 5.32 Å². The number of nitrogens with one attached hydrogen (secondary N) is 1. The van der Waals surface area contributed by atoms with Crippen LogP contribution >= 0.6 is 11.3 Å². The molecule has 2 heterocycles.